The molecule has 1 nitrogen and oxygen atoms in total. The highest BCUT2D eigenvalue weighted by atomic mass is 16.3. The topological polar surface area (TPSA) is 19.9 Å². The quantitative estimate of drug-likeness (QED) is 0.665. The zero-order valence-corrected chi connectivity index (χ0v) is 8.57. The number of benzene rings is 2. The van der Waals surface area contributed by atoms with E-state index in [1.54, 1.807) is 0 Å². The van der Waals surface area contributed by atoms with Gasteiger partial charge in [-0.15, -0.1) is 0 Å². The molecular weight excluding hydrogens is 184 g/mol. The van der Waals surface area contributed by atoms with Crippen molar-refractivity contribution in [2.24, 2.45) is 0 Å². The Kier molecular flexibility index (Phi) is 1.83. The average Bonchev–Trinajstić information content (AvgIpc) is 2.25. The smallest absolute Gasteiger partial charge is 0.129 e. The van der Waals surface area contributed by atoms with E-state index in [9.17, 15) is 5.11 Å². The van der Waals surface area contributed by atoms with Crippen molar-refractivity contribution < 1.29 is 5.11 Å². The monoisotopic (exact) mass is 197 g/mol. The number of fused-ring (bicyclic) bond motifs is 1. The molecule has 2 aromatic rings. The first-order valence-corrected chi connectivity index (χ1v) is 5.48. The van der Waals surface area contributed by atoms with E-state index in [-0.39, 0.29) is 0 Å². The molecule has 1 radical (unpaired) electrons. The van der Waals surface area contributed by atoms with Crippen molar-refractivity contribution >= 4 is 10.8 Å². The third-order valence-electron chi connectivity index (χ3n) is 3.44. The lowest BCUT2D eigenvalue weighted by atomic mass is 9.74. The fourth-order valence-electron chi connectivity index (χ4n) is 2.39. The maximum absolute atomic E-state index is 12.4. The molecule has 0 unspecified atom stereocenters. The van der Waals surface area contributed by atoms with Crippen LogP contribution < -0.4 is 0 Å². The fraction of sp³-hybridized carbons (Fsp3) is 0.286. The molecule has 1 fully saturated rings. The molecule has 2 aromatic carbocycles. The summed E-state index contributed by atoms with van der Waals surface area (Å²) in [7, 11) is 0. The molecule has 0 heterocycles. The van der Waals surface area contributed by atoms with Gasteiger partial charge in [0.25, 0.3) is 0 Å². The molecule has 0 N–H and O–H groups in total. The van der Waals surface area contributed by atoms with Crippen molar-refractivity contribution in [3.63, 3.8) is 0 Å². The Bertz CT molecular complexity index is 492. The second-order valence-electron chi connectivity index (χ2n) is 4.37. The minimum Gasteiger partial charge on any atom is -0.224 e. The standard InChI is InChI=1S/C14H13O/c15-14(9-4-10-14)13-8-3-6-11-5-1-2-7-12(11)13/h1-3,5-8H,4,9-10H2. The summed E-state index contributed by atoms with van der Waals surface area (Å²) < 4.78 is 0. The first-order valence-electron chi connectivity index (χ1n) is 5.48. The van der Waals surface area contributed by atoms with Gasteiger partial charge in [-0.3, -0.25) is 0 Å². The maximum Gasteiger partial charge on any atom is 0.129 e. The van der Waals surface area contributed by atoms with Crippen molar-refractivity contribution in [3.05, 3.63) is 48.0 Å². The van der Waals surface area contributed by atoms with Crippen LogP contribution >= 0.6 is 0 Å². The number of hydrogen-bond acceptors (Lipinski definition) is 0. The molecule has 0 amide bonds. The van der Waals surface area contributed by atoms with Gasteiger partial charge >= 0.3 is 0 Å². The summed E-state index contributed by atoms with van der Waals surface area (Å²) in [5.41, 5.74) is 0.188. The third-order valence-corrected chi connectivity index (χ3v) is 3.44. The molecule has 0 bridgehead atoms. The van der Waals surface area contributed by atoms with Crippen LogP contribution in [0.3, 0.4) is 0 Å². The second kappa shape index (κ2) is 3.07. The molecular formula is C14H13O. The molecule has 1 saturated carbocycles. The van der Waals surface area contributed by atoms with E-state index in [1.165, 1.54) is 5.39 Å². The minimum absolute atomic E-state index is 0.793. The summed E-state index contributed by atoms with van der Waals surface area (Å²) >= 11 is 0. The first-order chi connectivity index (χ1) is 7.30. The van der Waals surface area contributed by atoms with Crippen LogP contribution in [0.25, 0.3) is 10.8 Å². The Hall–Kier alpha value is -1.34. The minimum atomic E-state index is -0.805. The zero-order chi connectivity index (χ0) is 10.3. The van der Waals surface area contributed by atoms with Crippen LogP contribution in [0.4, 0.5) is 0 Å². The largest absolute Gasteiger partial charge is 0.224 e. The normalized spacial score (nSPS) is 18.7. The highest BCUT2D eigenvalue weighted by Gasteiger charge is 2.39. The molecule has 1 heteroatoms. The van der Waals surface area contributed by atoms with E-state index < -0.39 is 5.60 Å². The van der Waals surface area contributed by atoms with Crippen molar-refractivity contribution in [3.8, 4) is 0 Å². The molecule has 0 aromatic heterocycles. The van der Waals surface area contributed by atoms with E-state index in [4.69, 9.17) is 0 Å². The highest BCUT2D eigenvalue weighted by Crippen LogP contribution is 2.44. The van der Waals surface area contributed by atoms with E-state index in [0.29, 0.717) is 0 Å². The molecule has 0 saturated heterocycles. The summed E-state index contributed by atoms with van der Waals surface area (Å²) in [6.07, 6.45) is 2.66. The maximum atomic E-state index is 12.4. The van der Waals surface area contributed by atoms with Crippen molar-refractivity contribution in [1.82, 2.24) is 0 Å². The SMILES string of the molecule is [O]C1(c2cccc3ccccc23)CCC1. The van der Waals surface area contributed by atoms with E-state index in [0.717, 1.165) is 30.2 Å². The lowest BCUT2D eigenvalue weighted by Gasteiger charge is -2.35. The van der Waals surface area contributed by atoms with Crippen LogP contribution in [-0.4, -0.2) is 0 Å². The summed E-state index contributed by atoms with van der Waals surface area (Å²) in [4.78, 5) is 0. The first kappa shape index (κ1) is 8.93. The van der Waals surface area contributed by atoms with Gasteiger partial charge in [0.15, 0.2) is 0 Å². The van der Waals surface area contributed by atoms with Gasteiger partial charge in [-0.05, 0) is 35.6 Å². The zero-order valence-electron chi connectivity index (χ0n) is 8.57. The van der Waals surface area contributed by atoms with Crippen molar-refractivity contribution in [2.45, 2.75) is 24.9 Å². The van der Waals surface area contributed by atoms with Crippen LogP contribution in [0.1, 0.15) is 24.8 Å². The van der Waals surface area contributed by atoms with Crippen LogP contribution in [-0.2, 0) is 10.7 Å². The Morgan fingerprint density at radius 2 is 1.67 bits per heavy atom. The summed E-state index contributed by atoms with van der Waals surface area (Å²) in [5, 5.41) is 14.7. The van der Waals surface area contributed by atoms with Gasteiger partial charge in [-0.25, -0.2) is 5.11 Å². The summed E-state index contributed by atoms with van der Waals surface area (Å²) in [6, 6.07) is 14.2. The lowest BCUT2D eigenvalue weighted by molar-refractivity contribution is -0.0972. The van der Waals surface area contributed by atoms with Gasteiger partial charge in [0, 0.05) is 0 Å². The van der Waals surface area contributed by atoms with Crippen LogP contribution in [0.2, 0.25) is 0 Å². The van der Waals surface area contributed by atoms with Gasteiger partial charge in [-0.1, -0.05) is 42.5 Å². The Morgan fingerprint density at radius 1 is 0.933 bits per heavy atom. The van der Waals surface area contributed by atoms with E-state index in [2.05, 4.69) is 18.2 Å². The fourth-order valence-corrected chi connectivity index (χ4v) is 2.39. The van der Waals surface area contributed by atoms with Crippen LogP contribution in [0, 0.1) is 0 Å². The summed E-state index contributed by atoms with van der Waals surface area (Å²) in [6.45, 7) is 0. The molecule has 0 aliphatic heterocycles. The van der Waals surface area contributed by atoms with Crippen molar-refractivity contribution in [2.75, 3.05) is 0 Å². The van der Waals surface area contributed by atoms with Gasteiger partial charge in [0.05, 0.1) is 0 Å². The van der Waals surface area contributed by atoms with Crippen LogP contribution in [0.15, 0.2) is 42.5 Å². The predicted octanol–water partition coefficient (Wildman–Crippen LogP) is 3.65. The van der Waals surface area contributed by atoms with Crippen molar-refractivity contribution in [1.29, 1.82) is 0 Å². The molecule has 1 aliphatic carbocycles. The van der Waals surface area contributed by atoms with Gasteiger partial charge in [0.1, 0.15) is 5.60 Å². The van der Waals surface area contributed by atoms with Gasteiger partial charge in [-0.2, -0.15) is 0 Å². The number of rotatable bonds is 1. The Morgan fingerprint density at radius 3 is 2.40 bits per heavy atom. The molecule has 1 aliphatic rings. The highest BCUT2D eigenvalue weighted by molar-refractivity contribution is 5.86. The molecule has 0 atom stereocenters. The predicted molar refractivity (Wildman–Crippen MR) is 60.2 cm³/mol. The molecule has 15 heavy (non-hydrogen) atoms. The third kappa shape index (κ3) is 1.27. The van der Waals surface area contributed by atoms with Gasteiger partial charge < -0.3 is 0 Å². The lowest BCUT2D eigenvalue weighted by Crippen LogP contribution is -2.32. The molecule has 3 rings (SSSR count). The molecule has 75 valence electrons. The second-order valence-corrected chi connectivity index (χ2v) is 4.37. The Labute approximate surface area is 89.4 Å². The van der Waals surface area contributed by atoms with Crippen LogP contribution in [0.5, 0.6) is 0 Å². The average molecular weight is 197 g/mol. The summed E-state index contributed by atoms with van der Waals surface area (Å²) in [5.74, 6) is 0. The van der Waals surface area contributed by atoms with Gasteiger partial charge in [0.2, 0.25) is 0 Å². The Balaban J connectivity index is 2.26. The van der Waals surface area contributed by atoms with E-state index >= 15 is 0 Å². The number of hydrogen-bond donors (Lipinski definition) is 0. The van der Waals surface area contributed by atoms with E-state index in [1.807, 2.05) is 24.3 Å². The molecule has 0 spiro atoms.